The van der Waals surface area contributed by atoms with Crippen molar-refractivity contribution in [2.45, 2.75) is 32.4 Å². The van der Waals surface area contributed by atoms with Gasteiger partial charge < -0.3 is 11.1 Å². The van der Waals surface area contributed by atoms with E-state index in [0.29, 0.717) is 0 Å². The predicted octanol–water partition coefficient (Wildman–Crippen LogP) is 0.414. The van der Waals surface area contributed by atoms with Crippen molar-refractivity contribution in [1.82, 2.24) is 5.32 Å². The van der Waals surface area contributed by atoms with Gasteiger partial charge in [-0.3, -0.25) is 4.79 Å². The third-order valence-corrected chi connectivity index (χ3v) is 2.47. The molecule has 0 bridgehead atoms. The highest BCUT2D eigenvalue weighted by molar-refractivity contribution is 5.89. The lowest BCUT2D eigenvalue weighted by molar-refractivity contribution is -0.133. The van der Waals surface area contributed by atoms with E-state index in [9.17, 15) is 4.79 Å². The SMILES string of the molecule is C=CCC(C)(C)[C@H]1NC(=O)[C@H]1N. The summed E-state index contributed by atoms with van der Waals surface area (Å²) < 4.78 is 0. The summed E-state index contributed by atoms with van der Waals surface area (Å²) in [7, 11) is 0. The Kier molecular flexibility index (Phi) is 2.24. The summed E-state index contributed by atoms with van der Waals surface area (Å²) in [4.78, 5) is 10.8. The van der Waals surface area contributed by atoms with Crippen LogP contribution < -0.4 is 11.1 Å². The maximum atomic E-state index is 10.8. The van der Waals surface area contributed by atoms with Crippen LogP contribution in [-0.4, -0.2) is 18.0 Å². The van der Waals surface area contributed by atoms with Crippen molar-refractivity contribution < 1.29 is 4.79 Å². The van der Waals surface area contributed by atoms with Gasteiger partial charge in [0.05, 0.1) is 6.04 Å². The minimum absolute atomic E-state index is 0.0229. The number of amides is 1. The molecule has 1 heterocycles. The van der Waals surface area contributed by atoms with Crippen molar-refractivity contribution in [1.29, 1.82) is 0 Å². The van der Waals surface area contributed by atoms with Gasteiger partial charge in [0, 0.05) is 0 Å². The lowest BCUT2D eigenvalue weighted by Gasteiger charge is -2.44. The molecular weight excluding hydrogens is 152 g/mol. The van der Waals surface area contributed by atoms with Crippen LogP contribution in [0.1, 0.15) is 20.3 Å². The van der Waals surface area contributed by atoms with Crippen LogP contribution in [0.5, 0.6) is 0 Å². The van der Waals surface area contributed by atoms with Gasteiger partial charge in [0.15, 0.2) is 0 Å². The highest BCUT2D eigenvalue weighted by Gasteiger charge is 2.44. The fourth-order valence-corrected chi connectivity index (χ4v) is 1.57. The minimum atomic E-state index is -0.333. The zero-order chi connectivity index (χ0) is 9.35. The number of hydrogen-bond acceptors (Lipinski definition) is 2. The van der Waals surface area contributed by atoms with E-state index < -0.39 is 0 Å². The molecule has 3 heteroatoms. The van der Waals surface area contributed by atoms with Gasteiger partial charge in [0.25, 0.3) is 0 Å². The third kappa shape index (κ3) is 1.37. The largest absolute Gasteiger partial charge is 0.349 e. The molecule has 1 saturated heterocycles. The molecule has 12 heavy (non-hydrogen) atoms. The second-order valence-corrected chi connectivity index (χ2v) is 3.99. The number of allylic oxidation sites excluding steroid dienone is 1. The molecule has 3 N–H and O–H groups in total. The number of hydrogen-bond donors (Lipinski definition) is 2. The predicted molar refractivity (Wildman–Crippen MR) is 48.5 cm³/mol. The molecule has 0 unspecified atom stereocenters. The fourth-order valence-electron chi connectivity index (χ4n) is 1.57. The lowest BCUT2D eigenvalue weighted by atomic mass is 9.74. The molecule has 68 valence electrons. The van der Waals surface area contributed by atoms with Crippen LogP contribution in [0, 0.1) is 5.41 Å². The van der Waals surface area contributed by atoms with Gasteiger partial charge in [0.2, 0.25) is 5.91 Å². The van der Waals surface area contributed by atoms with Gasteiger partial charge >= 0.3 is 0 Å². The third-order valence-electron chi connectivity index (χ3n) is 2.47. The highest BCUT2D eigenvalue weighted by Crippen LogP contribution is 2.30. The van der Waals surface area contributed by atoms with Crippen LogP contribution in [-0.2, 0) is 4.79 Å². The molecule has 1 fully saturated rings. The summed E-state index contributed by atoms with van der Waals surface area (Å²) in [5.74, 6) is -0.0443. The zero-order valence-electron chi connectivity index (χ0n) is 7.63. The Hall–Kier alpha value is -0.830. The Balaban J connectivity index is 2.58. The average molecular weight is 168 g/mol. The van der Waals surface area contributed by atoms with E-state index in [4.69, 9.17) is 5.73 Å². The minimum Gasteiger partial charge on any atom is -0.349 e. The van der Waals surface area contributed by atoms with Crippen LogP contribution in [0.3, 0.4) is 0 Å². The molecule has 0 saturated carbocycles. The van der Waals surface area contributed by atoms with Crippen molar-refractivity contribution in [2.24, 2.45) is 11.1 Å². The van der Waals surface area contributed by atoms with E-state index in [0.717, 1.165) is 6.42 Å². The number of carbonyl (C=O) groups excluding carboxylic acids is 1. The smallest absolute Gasteiger partial charge is 0.239 e. The Morgan fingerprint density at radius 2 is 2.33 bits per heavy atom. The lowest BCUT2D eigenvalue weighted by Crippen LogP contribution is -2.71. The number of β-lactam (4-membered cyclic amide) rings is 1. The number of nitrogens with two attached hydrogens (primary N) is 1. The maximum Gasteiger partial charge on any atom is 0.239 e. The Labute approximate surface area is 73.0 Å². The van der Waals surface area contributed by atoms with Crippen LogP contribution >= 0.6 is 0 Å². The first-order valence-electron chi connectivity index (χ1n) is 4.16. The summed E-state index contributed by atoms with van der Waals surface area (Å²) >= 11 is 0. The van der Waals surface area contributed by atoms with E-state index in [1.54, 1.807) is 0 Å². The second kappa shape index (κ2) is 2.90. The quantitative estimate of drug-likeness (QED) is 0.474. The van der Waals surface area contributed by atoms with Crippen molar-refractivity contribution in [3.05, 3.63) is 12.7 Å². The Bertz CT molecular complexity index is 211. The fraction of sp³-hybridized carbons (Fsp3) is 0.667. The van der Waals surface area contributed by atoms with Crippen LogP contribution in [0.4, 0.5) is 0 Å². The summed E-state index contributed by atoms with van der Waals surface area (Å²) in [6.07, 6.45) is 2.73. The molecule has 2 atom stereocenters. The monoisotopic (exact) mass is 168 g/mol. The number of nitrogens with one attached hydrogen (secondary N) is 1. The van der Waals surface area contributed by atoms with Gasteiger partial charge in [-0.1, -0.05) is 19.9 Å². The molecule has 0 radical (unpaired) electrons. The maximum absolute atomic E-state index is 10.8. The molecule has 0 aromatic rings. The Morgan fingerprint density at radius 1 is 1.75 bits per heavy atom. The second-order valence-electron chi connectivity index (χ2n) is 3.99. The van der Waals surface area contributed by atoms with E-state index in [2.05, 4.69) is 25.7 Å². The van der Waals surface area contributed by atoms with Crippen LogP contribution in [0.15, 0.2) is 12.7 Å². The highest BCUT2D eigenvalue weighted by atomic mass is 16.2. The van der Waals surface area contributed by atoms with Crippen molar-refractivity contribution in [3.8, 4) is 0 Å². The molecule has 3 nitrogen and oxygen atoms in total. The summed E-state index contributed by atoms with van der Waals surface area (Å²) in [5.41, 5.74) is 5.66. The standard InChI is InChI=1S/C9H16N2O/c1-4-5-9(2,3)7-6(10)8(12)11-7/h4,6-7H,1,5,10H2,2-3H3,(H,11,12)/t6-,7-/m0/s1. The van der Waals surface area contributed by atoms with Gasteiger partial charge in [-0.15, -0.1) is 6.58 Å². The first kappa shape index (κ1) is 9.26. The van der Waals surface area contributed by atoms with Gasteiger partial charge in [-0.05, 0) is 11.8 Å². The normalized spacial score (nSPS) is 29.1. The molecule has 0 aromatic heterocycles. The van der Waals surface area contributed by atoms with Crippen molar-refractivity contribution in [3.63, 3.8) is 0 Å². The topological polar surface area (TPSA) is 55.1 Å². The number of rotatable bonds is 3. The van der Waals surface area contributed by atoms with Gasteiger partial charge in [-0.2, -0.15) is 0 Å². The molecule has 1 amide bonds. The summed E-state index contributed by atoms with van der Waals surface area (Å²) in [6, 6.07) is -0.233. The molecule has 0 aliphatic carbocycles. The van der Waals surface area contributed by atoms with E-state index in [1.165, 1.54) is 0 Å². The molecule has 0 aromatic carbocycles. The van der Waals surface area contributed by atoms with Crippen molar-refractivity contribution >= 4 is 5.91 Å². The van der Waals surface area contributed by atoms with Crippen LogP contribution in [0.2, 0.25) is 0 Å². The average Bonchev–Trinajstić information content (AvgIpc) is 1.99. The van der Waals surface area contributed by atoms with E-state index in [1.807, 2.05) is 6.08 Å². The molecule has 1 aliphatic heterocycles. The van der Waals surface area contributed by atoms with Gasteiger partial charge in [-0.25, -0.2) is 0 Å². The summed E-state index contributed by atoms with van der Waals surface area (Å²) in [6.45, 7) is 7.84. The first-order chi connectivity index (χ1) is 5.49. The van der Waals surface area contributed by atoms with Crippen LogP contribution in [0.25, 0.3) is 0 Å². The van der Waals surface area contributed by atoms with E-state index in [-0.39, 0.29) is 23.4 Å². The Morgan fingerprint density at radius 3 is 2.67 bits per heavy atom. The summed E-state index contributed by atoms with van der Waals surface area (Å²) in [5, 5.41) is 2.81. The molecular formula is C9H16N2O. The zero-order valence-corrected chi connectivity index (χ0v) is 7.63. The molecule has 1 aliphatic rings. The van der Waals surface area contributed by atoms with Crippen molar-refractivity contribution in [2.75, 3.05) is 0 Å². The van der Waals surface area contributed by atoms with E-state index >= 15 is 0 Å². The molecule has 1 rings (SSSR count). The first-order valence-corrected chi connectivity index (χ1v) is 4.16. The number of carbonyl (C=O) groups is 1. The molecule has 0 spiro atoms. The van der Waals surface area contributed by atoms with Gasteiger partial charge in [0.1, 0.15) is 6.04 Å².